The SMILES string of the molecule is CCCO.O=C(O)c1cc2ccsc2[nH]1.[Na+].[OH-].c1cc2ccsc2[nH]1. The van der Waals surface area contributed by atoms with E-state index in [9.17, 15) is 4.79 Å². The number of fused-ring (bicyclic) bond motifs is 2. The molecule has 0 aliphatic carbocycles. The number of aliphatic hydroxyl groups excluding tert-OH is 1. The van der Waals surface area contributed by atoms with Crippen molar-refractivity contribution in [1.82, 2.24) is 9.97 Å². The van der Waals surface area contributed by atoms with Crippen LogP contribution in [0.1, 0.15) is 23.8 Å². The average Bonchev–Trinajstić information content (AvgIpc) is 3.26. The molecule has 0 aliphatic heterocycles. The van der Waals surface area contributed by atoms with E-state index in [0.29, 0.717) is 6.61 Å². The zero-order valence-electron chi connectivity index (χ0n) is 14.0. The number of rotatable bonds is 2. The summed E-state index contributed by atoms with van der Waals surface area (Å²) in [5, 5.41) is 22.7. The van der Waals surface area contributed by atoms with Crippen molar-refractivity contribution < 1.29 is 50.0 Å². The van der Waals surface area contributed by atoms with Crippen LogP contribution in [0, 0.1) is 0 Å². The Bertz CT molecular complexity index is 784. The fourth-order valence-corrected chi connectivity index (χ4v) is 3.28. The normalized spacial score (nSPS) is 9.20. The Morgan fingerprint density at radius 3 is 2.24 bits per heavy atom. The first-order valence-electron chi connectivity index (χ1n) is 7.06. The molecule has 4 rings (SSSR count). The van der Waals surface area contributed by atoms with E-state index in [4.69, 9.17) is 10.2 Å². The van der Waals surface area contributed by atoms with Crippen LogP contribution in [0.4, 0.5) is 0 Å². The Labute approximate surface area is 175 Å². The molecule has 0 radical (unpaired) electrons. The number of aliphatic hydroxyl groups is 1. The van der Waals surface area contributed by atoms with Crippen LogP contribution in [-0.2, 0) is 0 Å². The third-order valence-corrected chi connectivity index (χ3v) is 4.58. The molecule has 0 atom stereocenters. The number of nitrogens with one attached hydrogen (secondary N) is 2. The number of aromatic carboxylic acids is 1. The van der Waals surface area contributed by atoms with Crippen molar-refractivity contribution in [2.24, 2.45) is 0 Å². The molecular weight excluding hydrogens is 371 g/mol. The molecule has 0 spiro atoms. The quantitative estimate of drug-likeness (QED) is 0.387. The molecule has 4 aromatic rings. The minimum absolute atomic E-state index is 0. The van der Waals surface area contributed by atoms with Crippen LogP contribution in [-0.4, -0.2) is 38.2 Å². The number of carbonyl (C=O) groups is 1. The second kappa shape index (κ2) is 12.3. The largest absolute Gasteiger partial charge is 1.00 e. The third-order valence-electron chi connectivity index (χ3n) is 2.87. The maximum Gasteiger partial charge on any atom is 1.00 e. The first-order chi connectivity index (χ1) is 11.2. The van der Waals surface area contributed by atoms with Gasteiger partial charge in [0, 0.05) is 23.6 Å². The van der Waals surface area contributed by atoms with Gasteiger partial charge in [-0.15, -0.1) is 22.7 Å². The molecule has 25 heavy (non-hydrogen) atoms. The molecule has 0 aromatic carbocycles. The average molecular weight is 390 g/mol. The minimum atomic E-state index is -0.909. The van der Waals surface area contributed by atoms with E-state index in [-0.39, 0.29) is 40.7 Å². The van der Waals surface area contributed by atoms with Gasteiger partial charge < -0.3 is 25.7 Å². The van der Waals surface area contributed by atoms with Crippen molar-refractivity contribution in [2.75, 3.05) is 6.61 Å². The van der Waals surface area contributed by atoms with Crippen molar-refractivity contribution in [3.8, 4) is 0 Å². The summed E-state index contributed by atoms with van der Waals surface area (Å²) in [5.41, 5.74) is 0.256. The molecule has 0 bridgehead atoms. The molecule has 0 amide bonds. The van der Waals surface area contributed by atoms with Gasteiger partial charge in [0.2, 0.25) is 0 Å². The van der Waals surface area contributed by atoms with E-state index in [2.05, 4.69) is 27.5 Å². The fourth-order valence-electron chi connectivity index (χ4n) is 1.74. The molecule has 5 N–H and O–H groups in total. The molecule has 0 saturated heterocycles. The number of H-pyrrole nitrogens is 2. The van der Waals surface area contributed by atoms with Crippen LogP contribution in [0.2, 0.25) is 0 Å². The molecule has 9 heteroatoms. The van der Waals surface area contributed by atoms with Crippen LogP contribution >= 0.6 is 22.7 Å². The van der Waals surface area contributed by atoms with Crippen molar-refractivity contribution >= 4 is 49.1 Å². The van der Waals surface area contributed by atoms with E-state index in [1.54, 1.807) is 17.4 Å². The number of hydrogen-bond acceptors (Lipinski definition) is 5. The van der Waals surface area contributed by atoms with Crippen LogP contribution in [0.15, 0.2) is 41.2 Å². The van der Waals surface area contributed by atoms with E-state index in [1.807, 2.05) is 24.6 Å². The maximum absolute atomic E-state index is 10.4. The summed E-state index contributed by atoms with van der Waals surface area (Å²) in [6.07, 6.45) is 2.83. The molecule has 4 aromatic heterocycles. The number of aromatic amines is 2. The van der Waals surface area contributed by atoms with Gasteiger partial charge in [0.05, 0.1) is 4.83 Å². The predicted molar refractivity (Wildman–Crippen MR) is 98.6 cm³/mol. The van der Waals surface area contributed by atoms with Crippen LogP contribution in [0.5, 0.6) is 0 Å². The second-order valence-corrected chi connectivity index (χ2v) is 6.43. The summed E-state index contributed by atoms with van der Waals surface area (Å²) in [7, 11) is 0. The Morgan fingerprint density at radius 1 is 1.12 bits per heavy atom. The summed E-state index contributed by atoms with van der Waals surface area (Å²) in [6.45, 7) is 2.25. The van der Waals surface area contributed by atoms with Gasteiger partial charge in [-0.25, -0.2) is 4.79 Å². The van der Waals surface area contributed by atoms with Gasteiger partial charge in [-0.2, -0.15) is 0 Å². The number of thiophene rings is 2. The van der Waals surface area contributed by atoms with Gasteiger partial charge in [0.15, 0.2) is 0 Å². The summed E-state index contributed by atoms with van der Waals surface area (Å²) >= 11 is 3.25. The molecule has 0 unspecified atom stereocenters. The smallest absolute Gasteiger partial charge is 0.870 e. The molecular formula is C16H19N2NaO4S2. The minimum Gasteiger partial charge on any atom is -0.870 e. The van der Waals surface area contributed by atoms with Crippen molar-refractivity contribution in [3.05, 3.63) is 46.9 Å². The standard InChI is InChI=1S/C7H5NO2S.C6H5NS.C3H8O.Na.H2O/c9-7(10)5-3-4-1-2-11-6(4)8-5;1-3-7-6-5(1)2-4-8-6;1-2-3-4;;/h1-3,8H,(H,9,10);1-4,7H;4H,2-3H2,1H3;;1H2/q;;;+1;/p-1. The summed E-state index contributed by atoms with van der Waals surface area (Å²) in [4.78, 5) is 18.5. The van der Waals surface area contributed by atoms with E-state index < -0.39 is 5.97 Å². The van der Waals surface area contributed by atoms with Gasteiger partial charge in [-0.1, -0.05) is 6.92 Å². The first-order valence-corrected chi connectivity index (χ1v) is 8.82. The summed E-state index contributed by atoms with van der Waals surface area (Å²) < 4.78 is 0. The van der Waals surface area contributed by atoms with Gasteiger partial charge >= 0.3 is 35.5 Å². The Hall–Kier alpha value is -1.13. The van der Waals surface area contributed by atoms with E-state index in [0.717, 1.165) is 16.6 Å². The van der Waals surface area contributed by atoms with Crippen molar-refractivity contribution in [2.45, 2.75) is 13.3 Å². The molecule has 6 nitrogen and oxygen atoms in total. The number of carboxylic acids is 1. The zero-order chi connectivity index (χ0) is 16.7. The van der Waals surface area contributed by atoms with Crippen molar-refractivity contribution in [3.63, 3.8) is 0 Å². The van der Waals surface area contributed by atoms with Gasteiger partial charge in [-0.3, -0.25) is 0 Å². The molecule has 0 aliphatic rings. The third kappa shape index (κ3) is 6.95. The number of aromatic nitrogens is 2. The topological polar surface area (TPSA) is 119 Å². The van der Waals surface area contributed by atoms with Crippen LogP contribution in [0.3, 0.4) is 0 Å². The number of hydrogen-bond donors (Lipinski definition) is 4. The maximum atomic E-state index is 10.4. The monoisotopic (exact) mass is 390 g/mol. The van der Waals surface area contributed by atoms with Crippen molar-refractivity contribution in [1.29, 1.82) is 0 Å². The number of carboxylic acid groups (broad SMARTS) is 1. The fraction of sp³-hybridized carbons (Fsp3) is 0.188. The molecule has 0 saturated carbocycles. The van der Waals surface area contributed by atoms with Crippen LogP contribution in [0.25, 0.3) is 20.4 Å². The Kier molecular flexibility index (Phi) is 11.7. The molecule has 4 heterocycles. The zero-order valence-corrected chi connectivity index (χ0v) is 17.7. The Balaban J connectivity index is 0.000000367. The van der Waals surface area contributed by atoms with E-state index in [1.165, 1.54) is 21.6 Å². The van der Waals surface area contributed by atoms with Gasteiger partial charge in [-0.05, 0) is 41.4 Å². The van der Waals surface area contributed by atoms with Gasteiger partial charge in [0.25, 0.3) is 0 Å². The Morgan fingerprint density at radius 2 is 1.72 bits per heavy atom. The second-order valence-electron chi connectivity index (χ2n) is 4.60. The molecule has 0 fully saturated rings. The molecule has 130 valence electrons. The van der Waals surface area contributed by atoms with Gasteiger partial charge in [0.1, 0.15) is 10.5 Å². The van der Waals surface area contributed by atoms with E-state index >= 15 is 0 Å². The first kappa shape index (κ1) is 23.9. The predicted octanol–water partition coefficient (Wildman–Crippen LogP) is 1.37. The summed E-state index contributed by atoms with van der Waals surface area (Å²) in [6, 6.07) is 7.71. The van der Waals surface area contributed by atoms with Crippen LogP contribution < -0.4 is 29.6 Å². The summed E-state index contributed by atoms with van der Waals surface area (Å²) in [5.74, 6) is -0.909.